The minimum absolute atomic E-state index is 0.355. The summed E-state index contributed by atoms with van der Waals surface area (Å²) in [7, 11) is 1.65. The van der Waals surface area contributed by atoms with Gasteiger partial charge in [-0.15, -0.1) is 0 Å². The van der Waals surface area contributed by atoms with E-state index in [9.17, 15) is 9.59 Å². The van der Waals surface area contributed by atoms with Crippen molar-refractivity contribution in [3.63, 3.8) is 0 Å². The van der Waals surface area contributed by atoms with Gasteiger partial charge in [-0.3, -0.25) is 4.79 Å². The first-order valence-corrected chi connectivity index (χ1v) is 18.1. The molecule has 7 heteroatoms. The first-order chi connectivity index (χ1) is 27.4. The maximum absolute atomic E-state index is 12.8. The third kappa shape index (κ3) is 9.58. The minimum Gasteiger partial charge on any atom is -0.497 e. The Morgan fingerprint density at radius 2 is 0.893 bits per heavy atom. The number of rotatable bonds is 12. The highest BCUT2D eigenvalue weighted by molar-refractivity contribution is 5.92. The molecule has 56 heavy (non-hydrogen) atoms. The number of benzene rings is 7. The average Bonchev–Trinajstić information content (AvgIpc) is 3.23. The number of hydrogen-bond acceptors (Lipinski definition) is 7. The number of ether oxygens (including phenoxy) is 4. The molecule has 276 valence electrons. The molecule has 0 aliphatic carbocycles. The third-order valence-electron chi connectivity index (χ3n) is 8.98. The lowest BCUT2D eigenvalue weighted by Gasteiger charge is -2.25. The van der Waals surface area contributed by atoms with Gasteiger partial charge in [0.25, 0.3) is 0 Å². The van der Waals surface area contributed by atoms with Crippen molar-refractivity contribution < 1.29 is 28.5 Å². The number of para-hydroxylation sites is 2. The topological polar surface area (TPSA) is 74.3 Å². The molecule has 0 spiro atoms. The Morgan fingerprint density at radius 3 is 1.34 bits per heavy atom. The second-order valence-electron chi connectivity index (χ2n) is 12.9. The van der Waals surface area contributed by atoms with Gasteiger partial charge >= 0.3 is 12.1 Å². The van der Waals surface area contributed by atoms with Gasteiger partial charge in [0.2, 0.25) is 0 Å². The molecule has 7 nitrogen and oxygen atoms in total. The molecule has 0 aromatic heterocycles. The van der Waals surface area contributed by atoms with Gasteiger partial charge in [-0.1, -0.05) is 97.1 Å². The van der Waals surface area contributed by atoms with Crippen LogP contribution in [0.4, 0.5) is 21.9 Å². The van der Waals surface area contributed by atoms with Gasteiger partial charge in [0.15, 0.2) is 0 Å². The number of nitrogens with zero attached hydrogens (tertiary/aromatic N) is 1. The van der Waals surface area contributed by atoms with Crippen LogP contribution in [0.3, 0.4) is 0 Å². The molecule has 7 aromatic rings. The fraction of sp³-hybridized carbons (Fsp3) is 0.0612. The van der Waals surface area contributed by atoms with Crippen molar-refractivity contribution in [1.29, 1.82) is 0 Å². The summed E-state index contributed by atoms with van der Waals surface area (Å²) in [5, 5.41) is 0. The monoisotopic (exact) mass is 737 g/mol. The van der Waals surface area contributed by atoms with Gasteiger partial charge in [-0.05, 0) is 131 Å². The van der Waals surface area contributed by atoms with Gasteiger partial charge in [-0.2, -0.15) is 0 Å². The second-order valence-corrected chi connectivity index (χ2v) is 12.9. The molecular weight excluding hydrogens is 699 g/mol. The fourth-order valence-corrected chi connectivity index (χ4v) is 6.26. The lowest BCUT2D eigenvalue weighted by Crippen LogP contribution is -2.13. The number of esters is 1. The van der Waals surface area contributed by atoms with E-state index in [-0.39, 0.29) is 5.97 Å². The molecule has 7 rings (SSSR count). The van der Waals surface area contributed by atoms with Crippen molar-refractivity contribution in [2.45, 2.75) is 13.3 Å². The van der Waals surface area contributed by atoms with E-state index in [1.54, 1.807) is 43.5 Å². The summed E-state index contributed by atoms with van der Waals surface area (Å²) >= 11 is 0. The van der Waals surface area contributed by atoms with Crippen LogP contribution in [0.1, 0.15) is 34.7 Å². The van der Waals surface area contributed by atoms with Gasteiger partial charge in [-0.25, -0.2) is 4.79 Å². The molecule has 7 aromatic carbocycles. The highest BCUT2D eigenvalue weighted by Crippen LogP contribution is 2.35. The summed E-state index contributed by atoms with van der Waals surface area (Å²) < 4.78 is 21.5. The third-order valence-corrected chi connectivity index (χ3v) is 8.98. The van der Waals surface area contributed by atoms with E-state index in [4.69, 9.17) is 18.9 Å². The molecule has 0 atom stereocenters. The molecule has 0 saturated carbocycles. The zero-order valence-corrected chi connectivity index (χ0v) is 31.0. The van der Waals surface area contributed by atoms with Gasteiger partial charge in [0, 0.05) is 24.0 Å². The molecule has 0 N–H and O–H groups in total. The summed E-state index contributed by atoms with van der Waals surface area (Å²) in [4.78, 5) is 26.2. The minimum atomic E-state index is -0.836. The summed E-state index contributed by atoms with van der Waals surface area (Å²) in [6.45, 7) is 1.37. The van der Waals surface area contributed by atoms with E-state index >= 15 is 0 Å². The molecular formula is C49H39NO6. The summed E-state index contributed by atoms with van der Waals surface area (Å²) in [5.41, 5.74) is 9.21. The number of carbonyl (C=O) groups is 2. The van der Waals surface area contributed by atoms with E-state index in [0.29, 0.717) is 23.7 Å². The van der Waals surface area contributed by atoms with Gasteiger partial charge < -0.3 is 23.8 Å². The Kier molecular flexibility index (Phi) is 11.6. The Hall–Kier alpha value is -7.38. The Morgan fingerprint density at radius 1 is 0.482 bits per heavy atom. The van der Waals surface area contributed by atoms with Gasteiger partial charge in [0.05, 0.1) is 7.11 Å². The molecule has 0 fully saturated rings. The number of anilines is 3. The quantitative estimate of drug-likeness (QED) is 0.0535. The van der Waals surface area contributed by atoms with E-state index in [1.165, 1.54) is 6.92 Å². The number of methoxy groups -OCH3 is 1. The van der Waals surface area contributed by atoms with Crippen LogP contribution in [0.5, 0.6) is 23.0 Å². The van der Waals surface area contributed by atoms with Crippen LogP contribution in [0, 0.1) is 0 Å². The average molecular weight is 738 g/mol. The molecule has 0 aliphatic heterocycles. The van der Waals surface area contributed by atoms with Crippen molar-refractivity contribution in [3.8, 4) is 23.0 Å². The van der Waals surface area contributed by atoms with Crippen LogP contribution in [-0.4, -0.2) is 19.2 Å². The molecule has 0 radical (unpaired) electrons. The smallest absolute Gasteiger partial charge is 0.497 e. The lowest BCUT2D eigenvalue weighted by molar-refractivity contribution is -0.131. The maximum Gasteiger partial charge on any atom is 0.519 e. The summed E-state index contributed by atoms with van der Waals surface area (Å²) in [6.07, 6.45) is 1.97. The highest BCUT2D eigenvalue weighted by atomic mass is 16.7. The van der Waals surface area contributed by atoms with Crippen LogP contribution >= 0.6 is 0 Å². The molecule has 0 bridgehead atoms. The zero-order chi connectivity index (χ0) is 38.7. The van der Waals surface area contributed by atoms with Crippen molar-refractivity contribution in [3.05, 3.63) is 210 Å². The highest BCUT2D eigenvalue weighted by Gasteiger charge is 2.14. The van der Waals surface area contributed by atoms with Crippen LogP contribution in [0.15, 0.2) is 182 Å². The molecule has 0 heterocycles. The molecule has 0 aliphatic rings. The number of hydrogen-bond donors (Lipinski definition) is 0. The lowest BCUT2D eigenvalue weighted by atomic mass is 9.95. The summed E-state index contributed by atoms with van der Waals surface area (Å²) in [6, 6.07) is 59.0. The van der Waals surface area contributed by atoms with Crippen molar-refractivity contribution in [2.75, 3.05) is 12.0 Å². The second kappa shape index (κ2) is 17.6. The van der Waals surface area contributed by atoms with Crippen LogP contribution in [-0.2, 0) is 11.2 Å². The molecule has 0 unspecified atom stereocenters. The van der Waals surface area contributed by atoms with E-state index in [2.05, 4.69) is 59.5 Å². The SMILES string of the molecule is COc1ccc(/C(=C\c2ccc(N(c3ccccc3)c3ccccc3)cc2)c2ccc(OC(=O)Oc3ccc(Cc4ccc(OC(C)=O)cc4)cc3)cc2)cc1. The fourth-order valence-electron chi connectivity index (χ4n) is 6.26. The molecule has 0 saturated heterocycles. The van der Waals surface area contributed by atoms with Gasteiger partial charge in [0.1, 0.15) is 23.0 Å². The normalized spacial score (nSPS) is 11.0. The van der Waals surface area contributed by atoms with Crippen LogP contribution in [0.2, 0.25) is 0 Å². The predicted molar refractivity (Wildman–Crippen MR) is 221 cm³/mol. The maximum atomic E-state index is 12.8. The van der Waals surface area contributed by atoms with Crippen LogP contribution in [0.25, 0.3) is 11.6 Å². The Labute approximate surface area is 326 Å². The standard InChI is InChI=1S/C49H39NO6/c1-35(51)54-45-25-15-36(16-26-45)33-37-17-27-46(28-18-37)55-49(52)56-47-31-21-40(22-32-47)48(39-19-29-44(53-2)30-20-39)34-38-13-23-43(24-14-38)50(41-9-5-3-6-10-41)42-11-7-4-8-12-42/h3-32,34H,33H2,1-2H3/b48-34+. The van der Waals surface area contributed by atoms with Crippen molar-refractivity contribution in [2.24, 2.45) is 0 Å². The molecule has 0 amide bonds. The largest absolute Gasteiger partial charge is 0.519 e. The first kappa shape index (κ1) is 37.0. The Balaban J connectivity index is 1.05. The van der Waals surface area contributed by atoms with E-state index < -0.39 is 6.16 Å². The first-order valence-electron chi connectivity index (χ1n) is 18.1. The van der Waals surface area contributed by atoms with E-state index in [1.807, 2.05) is 97.1 Å². The number of carbonyl (C=O) groups excluding carboxylic acids is 2. The van der Waals surface area contributed by atoms with Crippen LogP contribution < -0.4 is 23.8 Å². The zero-order valence-electron chi connectivity index (χ0n) is 31.0. The van der Waals surface area contributed by atoms with Crippen molar-refractivity contribution in [1.82, 2.24) is 0 Å². The predicted octanol–water partition coefficient (Wildman–Crippen LogP) is 11.8. The Bertz CT molecular complexity index is 2350. The summed E-state index contributed by atoms with van der Waals surface area (Å²) in [5.74, 6) is 1.64. The van der Waals surface area contributed by atoms with E-state index in [0.717, 1.165) is 56.2 Å². The van der Waals surface area contributed by atoms with Crippen molar-refractivity contribution >= 4 is 40.8 Å².